The number of benzene rings is 2. The van der Waals surface area contributed by atoms with Crippen molar-refractivity contribution in [3.05, 3.63) is 64.8 Å². The maximum Gasteiger partial charge on any atom is 0.200 e. The molecule has 1 aliphatic rings. The zero-order valence-electron chi connectivity index (χ0n) is 11.3. The summed E-state index contributed by atoms with van der Waals surface area (Å²) in [6.07, 6.45) is 0. The highest BCUT2D eigenvalue weighted by Crippen LogP contribution is 2.35. The van der Waals surface area contributed by atoms with Crippen LogP contribution in [0.5, 0.6) is 5.75 Å². The van der Waals surface area contributed by atoms with Gasteiger partial charge in [-0.1, -0.05) is 24.3 Å². The molecule has 0 aromatic heterocycles. The molecule has 0 fully saturated rings. The van der Waals surface area contributed by atoms with Crippen LogP contribution in [0.25, 0.3) is 5.57 Å². The average molecular weight is 304 g/mol. The van der Waals surface area contributed by atoms with E-state index in [0.717, 1.165) is 11.0 Å². The largest absolute Gasteiger partial charge is 0.489 e. The van der Waals surface area contributed by atoms with Gasteiger partial charge in [-0.15, -0.1) is 0 Å². The first-order chi connectivity index (χ1) is 9.99. The fourth-order valence-corrected chi connectivity index (χ4v) is 3.81. The molecule has 0 unspecified atom stereocenters. The molecule has 0 bridgehead atoms. The predicted octanol–water partition coefficient (Wildman–Crippen LogP) is 3.34. The lowest BCUT2D eigenvalue weighted by atomic mass is 10.1. The highest BCUT2D eigenvalue weighted by atomic mass is 32.2. The van der Waals surface area contributed by atoms with Gasteiger partial charge in [-0.3, -0.25) is 0 Å². The van der Waals surface area contributed by atoms with E-state index in [1.807, 2.05) is 25.1 Å². The van der Waals surface area contributed by atoms with Crippen molar-refractivity contribution in [1.29, 1.82) is 0 Å². The second kappa shape index (κ2) is 5.00. The topological polar surface area (TPSA) is 43.4 Å². The van der Waals surface area contributed by atoms with Crippen LogP contribution in [-0.2, 0) is 9.84 Å². The zero-order chi connectivity index (χ0) is 15.0. The number of rotatable bonds is 3. The standard InChI is InChI=1S/C16H13FO3S/c1-11-5-2-3-7-14(11)20-9-12-10-21(18,19)15-8-4-6-13(17)16(12)15/h2-8,10H,9H2,1H3. The number of aryl methyl sites for hydroxylation is 1. The molecule has 0 spiro atoms. The van der Waals surface area contributed by atoms with Crippen molar-refractivity contribution >= 4 is 15.4 Å². The van der Waals surface area contributed by atoms with Crippen molar-refractivity contribution < 1.29 is 17.5 Å². The van der Waals surface area contributed by atoms with E-state index in [1.54, 1.807) is 6.07 Å². The zero-order valence-corrected chi connectivity index (χ0v) is 12.2. The Hall–Kier alpha value is -2.14. The van der Waals surface area contributed by atoms with Gasteiger partial charge in [0.05, 0.1) is 4.90 Å². The molecule has 0 atom stereocenters. The Morgan fingerprint density at radius 3 is 2.62 bits per heavy atom. The number of hydrogen-bond donors (Lipinski definition) is 0. The van der Waals surface area contributed by atoms with Crippen molar-refractivity contribution in [3.8, 4) is 5.75 Å². The number of fused-ring (bicyclic) bond motifs is 1. The second-order valence-corrected chi connectivity index (χ2v) is 6.62. The van der Waals surface area contributed by atoms with Gasteiger partial charge in [-0.25, -0.2) is 12.8 Å². The van der Waals surface area contributed by atoms with E-state index in [-0.39, 0.29) is 17.1 Å². The van der Waals surface area contributed by atoms with E-state index in [4.69, 9.17) is 4.74 Å². The highest BCUT2D eigenvalue weighted by molar-refractivity contribution is 7.95. The Balaban J connectivity index is 1.94. The summed E-state index contributed by atoms with van der Waals surface area (Å²) in [7, 11) is -3.57. The van der Waals surface area contributed by atoms with Crippen LogP contribution in [0.2, 0.25) is 0 Å². The SMILES string of the molecule is Cc1ccccc1OCC1=CS(=O)(=O)c2cccc(F)c21. The third kappa shape index (κ3) is 2.45. The maximum atomic E-state index is 13.9. The molecule has 21 heavy (non-hydrogen) atoms. The Labute approximate surface area is 122 Å². The summed E-state index contributed by atoms with van der Waals surface area (Å²) in [6.45, 7) is 1.90. The van der Waals surface area contributed by atoms with E-state index in [0.29, 0.717) is 11.3 Å². The monoisotopic (exact) mass is 304 g/mol. The number of ether oxygens (including phenoxy) is 1. The Kier molecular flexibility index (Phi) is 3.29. The average Bonchev–Trinajstić information content (AvgIpc) is 2.71. The normalized spacial score (nSPS) is 15.4. The molecule has 0 N–H and O–H groups in total. The van der Waals surface area contributed by atoms with E-state index in [2.05, 4.69) is 0 Å². The van der Waals surface area contributed by atoms with Gasteiger partial charge in [-0.2, -0.15) is 0 Å². The smallest absolute Gasteiger partial charge is 0.200 e. The third-order valence-corrected chi connectivity index (χ3v) is 4.93. The summed E-state index contributed by atoms with van der Waals surface area (Å²) in [5.74, 6) is 0.105. The molecule has 3 nitrogen and oxygen atoms in total. The summed E-state index contributed by atoms with van der Waals surface area (Å²) in [4.78, 5) is 0.00545. The minimum atomic E-state index is -3.57. The number of hydrogen-bond acceptors (Lipinski definition) is 3. The van der Waals surface area contributed by atoms with E-state index < -0.39 is 15.7 Å². The van der Waals surface area contributed by atoms with Crippen LogP contribution >= 0.6 is 0 Å². The quantitative estimate of drug-likeness (QED) is 0.873. The molecule has 1 heterocycles. The van der Waals surface area contributed by atoms with Crippen LogP contribution < -0.4 is 4.74 Å². The Morgan fingerprint density at radius 2 is 1.86 bits per heavy atom. The van der Waals surface area contributed by atoms with Crippen molar-refractivity contribution in [2.45, 2.75) is 11.8 Å². The first kappa shape index (κ1) is 13.8. The lowest BCUT2D eigenvalue weighted by molar-refractivity contribution is 0.366. The van der Waals surface area contributed by atoms with Crippen molar-refractivity contribution in [2.24, 2.45) is 0 Å². The van der Waals surface area contributed by atoms with Crippen LogP contribution in [-0.4, -0.2) is 15.0 Å². The minimum Gasteiger partial charge on any atom is -0.489 e. The van der Waals surface area contributed by atoms with Crippen LogP contribution in [0.1, 0.15) is 11.1 Å². The van der Waals surface area contributed by atoms with Gasteiger partial charge in [0.2, 0.25) is 9.84 Å². The van der Waals surface area contributed by atoms with E-state index in [1.165, 1.54) is 18.2 Å². The van der Waals surface area contributed by atoms with Crippen LogP contribution in [0, 0.1) is 12.7 Å². The molecule has 0 radical (unpaired) electrons. The fraction of sp³-hybridized carbons (Fsp3) is 0.125. The van der Waals surface area contributed by atoms with Gasteiger partial charge in [0, 0.05) is 16.5 Å². The van der Waals surface area contributed by atoms with Gasteiger partial charge >= 0.3 is 0 Å². The van der Waals surface area contributed by atoms with Gasteiger partial charge in [0.15, 0.2) is 0 Å². The van der Waals surface area contributed by atoms with Gasteiger partial charge < -0.3 is 4.74 Å². The lowest BCUT2D eigenvalue weighted by Gasteiger charge is -2.10. The summed E-state index contributed by atoms with van der Waals surface area (Å²) < 4.78 is 43.5. The molecule has 1 aliphatic heterocycles. The van der Waals surface area contributed by atoms with Crippen molar-refractivity contribution in [2.75, 3.05) is 6.61 Å². The molecule has 3 rings (SSSR count). The fourth-order valence-electron chi connectivity index (χ4n) is 2.34. The molecule has 0 amide bonds. The number of halogens is 1. The predicted molar refractivity (Wildman–Crippen MR) is 78.2 cm³/mol. The molecule has 2 aromatic carbocycles. The van der Waals surface area contributed by atoms with Crippen molar-refractivity contribution in [1.82, 2.24) is 0 Å². The van der Waals surface area contributed by atoms with Crippen molar-refractivity contribution in [3.63, 3.8) is 0 Å². The van der Waals surface area contributed by atoms with Crippen LogP contribution in [0.4, 0.5) is 4.39 Å². The molecule has 0 saturated heterocycles. The lowest BCUT2D eigenvalue weighted by Crippen LogP contribution is -2.02. The summed E-state index contributed by atoms with van der Waals surface area (Å²) in [6, 6.07) is 11.5. The molecule has 0 aliphatic carbocycles. The maximum absolute atomic E-state index is 13.9. The Morgan fingerprint density at radius 1 is 1.10 bits per heavy atom. The third-order valence-electron chi connectivity index (χ3n) is 3.38. The summed E-state index contributed by atoms with van der Waals surface area (Å²) >= 11 is 0. The summed E-state index contributed by atoms with van der Waals surface area (Å²) in [5.41, 5.74) is 1.39. The molecule has 0 saturated carbocycles. The minimum absolute atomic E-state index is 0.00545. The summed E-state index contributed by atoms with van der Waals surface area (Å²) in [5, 5.41) is 1.08. The number of sulfone groups is 1. The van der Waals surface area contributed by atoms with E-state index >= 15 is 0 Å². The number of para-hydroxylation sites is 1. The van der Waals surface area contributed by atoms with Crippen LogP contribution in [0.15, 0.2) is 52.8 Å². The second-order valence-electron chi connectivity index (χ2n) is 4.86. The Bertz CT molecular complexity index is 838. The van der Waals surface area contributed by atoms with Gasteiger partial charge in [-0.05, 0) is 30.7 Å². The first-order valence-electron chi connectivity index (χ1n) is 6.42. The highest BCUT2D eigenvalue weighted by Gasteiger charge is 2.29. The van der Waals surface area contributed by atoms with Crippen LogP contribution in [0.3, 0.4) is 0 Å². The molecule has 108 valence electrons. The molecular weight excluding hydrogens is 291 g/mol. The molecule has 5 heteroatoms. The first-order valence-corrected chi connectivity index (χ1v) is 7.96. The van der Waals surface area contributed by atoms with Gasteiger partial charge in [0.25, 0.3) is 0 Å². The molecular formula is C16H13FO3S. The molecule has 2 aromatic rings. The van der Waals surface area contributed by atoms with E-state index in [9.17, 15) is 12.8 Å². The van der Waals surface area contributed by atoms with Gasteiger partial charge in [0.1, 0.15) is 18.2 Å².